The first-order valence-corrected chi connectivity index (χ1v) is 9.64. The molecule has 1 amide bonds. The fraction of sp³-hybridized carbons (Fsp3) is 0.381. The van der Waals surface area contributed by atoms with Crippen molar-refractivity contribution in [1.29, 1.82) is 0 Å². The Morgan fingerprint density at radius 1 is 1.21 bits per heavy atom. The van der Waals surface area contributed by atoms with Gasteiger partial charge < -0.3 is 9.42 Å². The van der Waals surface area contributed by atoms with Crippen molar-refractivity contribution in [3.05, 3.63) is 71.4 Å². The average Bonchev–Trinajstić information content (AvgIpc) is 3.28. The number of amides is 1. The quantitative estimate of drug-likeness (QED) is 0.683. The van der Waals surface area contributed by atoms with E-state index in [0.29, 0.717) is 18.0 Å². The Morgan fingerprint density at radius 2 is 2.04 bits per heavy atom. The summed E-state index contributed by atoms with van der Waals surface area (Å²) in [7, 11) is 0. The maximum atomic E-state index is 12.8. The van der Waals surface area contributed by atoms with Gasteiger partial charge in [-0.3, -0.25) is 14.4 Å². The van der Waals surface area contributed by atoms with Gasteiger partial charge in [-0.2, -0.15) is 5.10 Å². The summed E-state index contributed by atoms with van der Waals surface area (Å²) >= 11 is 0. The number of nitrogens with zero attached hydrogens (tertiary/aromatic N) is 5. The Balaban J connectivity index is 1.19. The van der Waals surface area contributed by atoms with Crippen LogP contribution in [-0.4, -0.2) is 55.8 Å². The van der Waals surface area contributed by atoms with E-state index in [1.165, 1.54) is 5.56 Å². The van der Waals surface area contributed by atoms with E-state index in [-0.39, 0.29) is 11.4 Å². The predicted octanol–water partition coefficient (Wildman–Crippen LogP) is 2.33. The molecule has 0 radical (unpaired) electrons. The number of hydrogen-bond donors (Lipinski definition) is 0. The summed E-state index contributed by atoms with van der Waals surface area (Å²) in [6, 6.07) is 12.2. The van der Waals surface area contributed by atoms with Crippen LogP contribution in [0.15, 0.2) is 53.3 Å². The highest BCUT2D eigenvalue weighted by Crippen LogP contribution is 2.40. The summed E-state index contributed by atoms with van der Waals surface area (Å²) in [6.45, 7) is 6.02. The second-order valence-corrected chi connectivity index (χ2v) is 7.94. The van der Waals surface area contributed by atoms with Gasteiger partial charge in [-0.1, -0.05) is 35.5 Å². The molecule has 0 saturated carbocycles. The molecule has 0 atom stereocenters. The minimum absolute atomic E-state index is 0.0520. The zero-order valence-electron chi connectivity index (χ0n) is 15.9. The fourth-order valence-corrected chi connectivity index (χ4v) is 4.17. The highest BCUT2D eigenvalue weighted by atomic mass is 16.5. The third-order valence-electron chi connectivity index (χ3n) is 5.85. The first-order chi connectivity index (χ1) is 13.6. The van der Waals surface area contributed by atoms with Gasteiger partial charge in [-0.15, -0.1) is 0 Å². The molecule has 4 heterocycles. The van der Waals surface area contributed by atoms with Gasteiger partial charge in [0.05, 0.1) is 11.7 Å². The van der Waals surface area contributed by atoms with Gasteiger partial charge in [-0.25, -0.2) is 0 Å². The van der Waals surface area contributed by atoms with E-state index in [1.807, 2.05) is 24.1 Å². The number of hydrogen-bond acceptors (Lipinski definition) is 5. The van der Waals surface area contributed by atoms with Gasteiger partial charge in [0, 0.05) is 38.4 Å². The van der Waals surface area contributed by atoms with Crippen molar-refractivity contribution in [2.45, 2.75) is 32.0 Å². The van der Waals surface area contributed by atoms with Crippen LogP contribution in [0.1, 0.15) is 33.8 Å². The minimum atomic E-state index is -0.0520. The molecule has 0 unspecified atom stereocenters. The minimum Gasteiger partial charge on any atom is -0.359 e. The number of carbonyl (C=O) groups excluding carboxylic acids is 1. The molecule has 2 fully saturated rings. The lowest BCUT2D eigenvalue weighted by Crippen LogP contribution is -2.77. The largest absolute Gasteiger partial charge is 0.359 e. The van der Waals surface area contributed by atoms with Gasteiger partial charge in [0.2, 0.25) is 0 Å². The normalized spacial score (nSPS) is 18.1. The van der Waals surface area contributed by atoms with Gasteiger partial charge in [-0.05, 0) is 24.5 Å². The van der Waals surface area contributed by atoms with Crippen molar-refractivity contribution in [2.75, 3.05) is 19.6 Å². The van der Waals surface area contributed by atoms with E-state index in [9.17, 15) is 4.79 Å². The van der Waals surface area contributed by atoms with E-state index in [0.717, 1.165) is 38.2 Å². The van der Waals surface area contributed by atoms with E-state index in [4.69, 9.17) is 4.52 Å². The number of carbonyl (C=O) groups is 1. The third kappa shape index (κ3) is 3.01. The molecule has 2 aliphatic heterocycles. The molecule has 2 saturated heterocycles. The van der Waals surface area contributed by atoms with E-state index >= 15 is 0 Å². The molecule has 0 bridgehead atoms. The Labute approximate surface area is 163 Å². The van der Waals surface area contributed by atoms with Crippen LogP contribution in [-0.2, 0) is 13.1 Å². The van der Waals surface area contributed by atoms with Gasteiger partial charge >= 0.3 is 0 Å². The molecule has 0 N–H and O–H groups in total. The highest BCUT2D eigenvalue weighted by molar-refractivity contribution is 5.93. The summed E-state index contributed by atoms with van der Waals surface area (Å²) in [5.41, 5.74) is 2.93. The number of aromatic nitrogens is 3. The summed E-state index contributed by atoms with van der Waals surface area (Å²) in [5.74, 6) is 0.583. The lowest BCUT2D eigenvalue weighted by Gasteiger charge is -2.62. The second kappa shape index (κ2) is 6.60. The van der Waals surface area contributed by atoms with Crippen LogP contribution in [0.3, 0.4) is 0 Å². The van der Waals surface area contributed by atoms with E-state index < -0.39 is 0 Å². The predicted molar refractivity (Wildman–Crippen MR) is 103 cm³/mol. The molecular formula is C21H23N5O2. The van der Waals surface area contributed by atoms with Crippen LogP contribution in [0.4, 0.5) is 0 Å². The zero-order chi connectivity index (χ0) is 19.1. The number of rotatable bonds is 5. The van der Waals surface area contributed by atoms with Gasteiger partial charge in [0.25, 0.3) is 5.91 Å². The number of aryl methyl sites for hydroxylation is 1. The third-order valence-corrected chi connectivity index (χ3v) is 5.85. The first-order valence-electron chi connectivity index (χ1n) is 9.64. The second-order valence-electron chi connectivity index (χ2n) is 7.94. The summed E-state index contributed by atoms with van der Waals surface area (Å²) in [4.78, 5) is 17.1. The van der Waals surface area contributed by atoms with Crippen LogP contribution in [0.5, 0.6) is 0 Å². The van der Waals surface area contributed by atoms with Crippen molar-refractivity contribution in [3.63, 3.8) is 0 Å². The zero-order valence-corrected chi connectivity index (χ0v) is 15.9. The van der Waals surface area contributed by atoms with Gasteiger partial charge in [0.1, 0.15) is 6.54 Å². The molecule has 28 heavy (non-hydrogen) atoms. The summed E-state index contributed by atoms with van der Waals surface area (Å²) in [5, 5.41) is 8.22. The van der Waals surface area contributed by atoms with Crippen molar-refractivity contribution in [1.82, 2.24) is 24.7 Å². The number of likely N-dealkylation sites (tertiary alicyclic amines) is 2. The molecule has 7 heteroatoms. The average molecular weight is 377 g/mol. The van der Waals surface area contributed by atoms with E-state index in [1.54, 1.807) is 16.9 Å². The SMILES string of the molecule is Cc1cnn(Cc2cc(C(=O)N3CC4(CCN4Cc4ccccc4)C3)no2)c1. The molecule has 5 rings (SSSR count). The molecule has 3 aromatic rings. The van der Waals surface area contributed by atoms with Crippen LogP contribution < -0.4 is 0 Å². The summed E-state index contributed by atoms with van der Waals surface area (Å²) in [6.07, 6.45) is 4.87. The van der Waals surface area contributed by atoms with E-state index in [2.05, 4.69) is 39.4 Å². The van der Waals surface area contributed by atoms with Crippen LogP contribution in [0, 0.1) is 6.92 Å². The Bertz CT molecular complexity index is 987. The Kier molecular flexibility index (Phi) is 4.05. The molecule has 2 aromatic heterocycles. The Hall–Kier alpha value is -2.93. The first kappa shape index (κ1) is 17.2. The molecule has 144 valence electrons. The fourth-order valence-electron chi connectivity index (χ4n) is 4.17. The maximum absolute atomic E-state index is 12.8. The highest BCUT2D eigenvalue weighted by Gasteiger charge is 2.54. The monoisotopic (exact) mass is 377 g/mol. The van der Waals surface area contributed by atoms with Gasteiger partial charge in [0.15, 0.2) is 11.5 Å². The molecule has 2 aliphatic rings. The molecule has 0 aliphatic carbocycles. The van der Waals surface area contributed by atoms with Crippen molar-refractivity contribution in [2.24, 2.45) is 0 Å². The topological polar surface area (TPSA) is 67.4 Å². The Morgan fingerprint density at radius 3 is 2.71 bits per heavy atom. The van der Waals surface area contributed by atoms with Crippen molar-refractivity contribution in [3.8, 4) is 0 Å². The molecule has 1 aromatic carbocycles. The smallest absolute Gasteiger partial charge is 0.276 e. The van der Waals surface area contributed by atoms with Crippen molar-refractivity contribution >= 4 is 5.91 Å². The summed E-state index contributed by atoms with van der Waals surface area (Å²) < 4.78 is 7.12. The number of benzene rings is 1. The van der Waals surface area contributed by atoms with Crippen LogP contribution >= 0.6 is 0 Å². The lowest BCUT2D eigenvalue weighted by atomic mass is 9.77. The molecule has 7 nitrogen and oxygen atoms in total. The van der Waals surface area contributed by atoms with Crippen molar-refractivity contribution < 1.29 is 9.32 Å². The van der Waals surface area contributed by atoms with Crippen LogP contribution in [0.25, 0.3) is 0 Å². The molecular weight excluding hydrogens is 354 g/mol. The lowest BCUT2D eigenvalue weighted by molar-refractivity contribution is -0.112. The van der Waals surface area contributed by atoms with Crippen LogP contribution in [0.2, 0.25) is 0 Å². The standard InChI is InChI=1S/C21H23N5O2/c1-16-10-22-26(11-16)13-18-9-19(23-28-18)20(27)24-14-21(15-24)7-8-25(21)12-17-5-3-2-4-6-17/h2-6,9-11H,7-8,12-15H2,1H3. The molecule has 1 spiro atoms. The maximum Gasteiger partial charge on any atom is 0.276 e.